The van der Waals surface area contributed by atoms with Gasteiger partial charge >= 0.3 is 6.09 Å². The Bertz CT molecular complexity index is 1080. The zero-order chi connectivity index (χ0) is 26.2. The smallest absolute Gasteiger partial charge is 0.410 e. The fourth-order valence-electron chi connectivity index (χ4n) is 3.66. The Labute approximate surface area is 208 Å². The fourth-order valence-corrected chi connectivity index (χ4v) is 5.15. The lowest BCUT2D eigenvalue weighted by molar-refractivity contribution is 0.0223. The summed E-state index contributed by atoms with van der Waals surface area (Å²) >= 11 is 0. The molecule has 1 amide bonds. The number of hydrogen-bond acceptors (Lipinski definition) is 7. The number of carbonyl (C=O) groups excluding carboxylic acids is 1. The Morgan fingerprint density at radius 2 is 1.89 bits per heavy atom. The normalized spacial score (nSPS) is 13.1. The monoisotopic (exact) mass is 509 g/mol. The minimum atomic E-state index is -3.95. The number of sulfonamides is 1. The van der Waals surface area contributed by atoms with E-state index in [4.69, 9.17) is 9.47 Å². The van der Waals surface area contributed by atoms with Crippen LogP contribution in [0.3, 0.4) is 0 Å². The van der Waals surface area contributed by atoms with Crippen LogP contribution >= 0.6 is 0 Å². The van der Waals surface area contributed by atoms with Crippen LogP contribution in [0.4, 0.5) is 4.79 Å². The molecule has 0 aliphatic heterocycles. The van der Waals surface area contributed by atoms with Crippen molar-refractivity contribution < 1.29 is 27.8 Å². The number of methoxy groups -OCH3 is 1. The molecule has 10 heteroatoms. The van der Waals surface area contributed by atoms with Crippen LogP contribution in [0.1, 0.15) is 53.9 Å². The van der Waals surface area contributed by atoms with Gasteiger partial charge in [0, 0.05) is 42.7 Å². The molecule has 0 aliphatic carbocycles. The van der Waals surface area contributed by atoms with Gasteiger partial charge in [-0.1, -0.05) is 19.9 Å². The first-order valence-corrected chi connectivity index (χ1v) is 13.4. The number of aromatic nitrogens is 1. The molecule has 2 aromatic rings. The minimum absolute atomic E-state index is 0.0897. The van der Waals surface area contributed by atoms with Crippen molar-refractivity contribution in [3.63, 3.8) is 0 Å². The summed E-state index contributed by atoms with van der Waals surface area (Å²) in [7, 11) is -2.46. The highest BCUT2D eigenvalue weighted by Gasteiger charge is 2.28. The first kappa shape index (κ1) is 28.8. The Balaban J connectivity index is 2.38. The molecule has 1 aromatic carbocycles. The van der Waals surface area contributed by atoms with Gasteiger partial charge in [-0.05, 0) is 64.2 Å². The quantitative estimate of drug-likeness (QED) is 0.445. The Kier molecular flexibility index (Phi) is 10.3. The lowest BCUT2D eigenvalue weighted by atomic mass is 10.0. The Morgan fingerprint density at radius 1 is 1.17 bits per heavy atom. The number of amides is 1. The highest BCUT2D eigenvalue weighted by atomic mass is 32.2. The summed E-state index contributed by atoms with van der Waals surface area (Å²) in [5, 5.41) is 10.4. The summed E-state index contributed by atoms with van der Waals surface area (Å²) in [4.78, 5) is 18.6. The van der Waals surface area contributed by atoms with E-state index in [9.17, 15) is 18.3 Å². The summed E-state index contributed by atoms with van der Waals surface area (Å²) < 4.78 is 40.7. The van der Waals surface area contributed by atoms with E-state index < -0.39 is 27.8 Å². The molecule has 0 saturated carbocycles. The fraction of sp³-hybridized carbons (Fsp3) is 0.600. The van der Waals surface area contributed by atoms with Crippen LogP contribution in [-0.4, -0.2) is 68.0 Å². The number of carbonyl (C=O) groups is 1. The van der Waals surface area contributed by atoms with Crippen molar-refractivity contribution in [1.29, 1.82) is 0 Å². The van der Waals surface area contributed by atoms with Gasteiger partial charge < -0.3 is 19.5 Å². The predicted molar refractivity (Wildman–Crippen MR) is 136 cm³/mol. The van der Waals surface area contributed by atoms with Crippen molar-refractivity contribution in [3.8, 4) is 5.88 Å². The van der Waals surface area contributed by atoms with Crippen molar-refractivity contribution >= 4 is 26.9 Å². The third-order valence-corrected chi connectivity index (χ3v) is 6.88. The van der Waals surface area contributed by atoms with E-state index in [0.29, 0.717) is 35.4 Å². The number of nitrogens with one attached hydrogen (secondary N) is 1. The van der Waals surface area contributed by atoms with Crippen molar-refractivity contribution in [3.05, 3.63) is 30.5 Å². The molecule has 1 heterocycles. The number of nitrogens with zero attached hydrogens (tertiary/aromatic N) is 2. The van der Waals surface area contributed by atoms with E-state index in [1.165, 1.54) is 18.2 Å². The summed E-state index contributed by atoms with van der Waals surface area (Å²) in [6.45, 7) is 9.74. The molecule has 35 heavy (non-hydrogen) atoms. The molecule has 1 atom stereocenters. The van der Waals surface area contributed by atoms with Crippen LogP contribution in [-0.2, 0) is 14.8 Å². The maximum absolute atomic E-state index is 13.5. The Morgan fingerprint density at radius 3 is 2.49 bits per heavy atom. The van der Waals surface area contributed by atoms with E-state index in [1.54, 1.807) is 45.0 Å². The average Bonchev–Trinajstić information content (AvgIpc) is 2.77. The molecule has 1 aromatic heterocycles. The van der Waals surface area contributed by atoms with Crippen molar-refractivity contribution in [2.24, 2.45) is 5.92 Å². The van der Waals surface area contributed by atoms with Crippen LogP contribution in [0.25, 0.3) is 10.8 Å². The molecule has 0 unspecified atom stereocenters. The molecule has 0 spiro atoms. The number of rotatable bonds is 12. The van der Waals surface area contributed by atoms with E-state index >= 15 is 0 Å². The van der Waals surface area contributed by atoms with Crippen molar-refractivity contribution in [2.45, 2.75) is 70.4 Å². The molecule has 0 fully saturated rings. The van der Waals surface area contributed by atoms with E-state index in [-0.39, 0.29) is 24.6 Å². The zero-order valence-electron chi connectivity index (χ0n) is 21.6. The van der Waals surface area contributed by atoms with Gasteiger partial charge in [0.1, 0.15) is 5.60 Å². The van der Waals surface area contributed by atoms with Gasteiger partial charge in [0.2, 0.25) is 15.9 Å². The second-order valence-electron chi connectivity index (χ2n) is 9.96. The van der Waals surface area contributed by atoms with Crippen LogP contribution < -0.4 is 9.46 Å². The topological polar surface area (TPSA) is 118 Å². The maximum atomic E-state index is 13.5. The lowest BCUT2D eigenvalue weighted by Crippen LogP contribution is -2.47. The van der Waals surface area contributed by atoms with E-state index in [1.807, 2.05) is 0 Å². The highest BCUT2D eigenvalue weighted by molar-refractivity contribution is 7.89. The average molecular weight is 510 g/mol. The second kappa shape index (κ2) is 12.5. The van der Waals surface area contributed by atoms with Gasteiger partial charge in [-0.2, -0.15) is 0 Å². The maximum Gasteiger partial charge on any atom is 0.410 e. The van der Waals surface area contributed by atoms with Gasteiger partial charge in [0.05, 0.1) is 12.0 Å². The number of ether oxygens (including phenoxy) is 2. The molecular formula is C25H39N3O6S. The number of benzene rings is 1. The van der Waals surface area contributed by atoms with Crippen molar-refractivity contribution in [1.82, 2.24) is 14.6 Å². The van der Waals surface area contributed by atoms with E-state index in [2.05, 4.69) is 23.6 Å². The molecule has 0 radical (unpaired) electrons. The number of aliphatic hydroxyl groups is 1. The molecular weight excluding hydrogens is 470 g/mol. The summed E-state index contributed by atoms with van der Waals surface area (Å²) in [6.07, 6.45) is 2.63. The summed E-state index contributed by atoms with van der Waals surface area (Å²) in [5.41, 5.74) is -0.697. The van der Waals surface area contributed by atoms with Gasteiger partial charge in [-0.3, -0.25) is 0 Å². The van der Waals surface area contributed by atoms with Gasteiger partial charge in [0.15, 0.2) is 0 Å². The zero-order valence-corrected chi connectivity index (χ0v) is 22.4. The van der Waals surface area contributed by atoms with Gasteiger partial charge in [0.25, 0.3) is 0 Å². The molecule has 0 aliphatic rings. The van der Waals surface area contributed by atoms with Gasteiger partial charge in [-0.15, -0.1) is 0 Å². The van der Waals surface area contributed by atoms with Crippen LogP contribution in [0.2, 0.25) is 0 Å². The van der Waals surface area contributed by atoms with Crippen molar-refractivity contribution in [2.75, 3.05) is 26.8 Å². The standard InChI is InChI=1S/C25H39N3O6S/c1-18(2)11-12-19(17-28(15-8-16-29)24(30)34-25(3,4)5)27-35(31,32)22-10-7-9-21-20(22)13-14-26-23(21)33-6/h7,9-10,13-14,18-19,27,29H,8,11-12,15-17H2,1-6H3/t19-/m1/s1. The predicted octanol–water partition coefficient (Wildman–Crippen LogP) is 3.95. The molecule has 2 rings (SSSR count). The number of fused-ring (bicyclic) bond motifs is 1. The number of hydrogen-bond donors (Lipinski definition) is 2. The largest absolute Gasteiger partial charge is 0.481 e. The number of pyridine rings is 1. The van der Waals surface area contributed by atoms with E-state index in [0.717, 1.165) is 6.42 Å². The third kappa shape index (κ3) is 8.63. The first-order valence-electron chi connectivity index (χ1n) is 11.9. The SMILES string of the molecule is COc1nccc2c(S(=O)(=O)N[C@H](CCC(C)C)CN(CCCO)C(=O)OC(C)(C)C)cccc12. The van der Waals surface area contributed by atoms with Crippen LogP contribution in [0.5, 0.6) is 5.88 Å². The van der Waals surface area contributed by atoms with Crippen LogP contribution in [0, 0.1) is 5.92 Å². The lowest BCUT2D eigenvalue weighted by Gasteiger charge is -2.31. The summed E-state index contributed by atoms with van der Waals surface area (Å²) in [5.74, 6) is 0.693. The second-order valence-corrected chi connectivity index (χ2v) is 11.6. The highest BCUT2D eigenvalue weighted by Crippen LogP contribution is 2.28. The number of aliphatic hydroxyl groups excluding tert-OH is 1. The Hall–Kier alpha value is -2.43. The molecule has 0 bridgehead atoms. The molecule has 2 N–H and O–H groups in total. The molecule has 0 saturated heterocycles. The van der Waals surface area contributed by atoms with Gasteiger partial charge in [-0.25, -0.2) is 22.9 Å². The minimum Gasteiger partial charge on any atom is -0.481 e. The molecule has 9 nitrogen and oxygen atoms in total. The van der Waals surface area contributed by atoms with Crippen LogP contribution in [0.15, 0.2) is 35.4 Å². The summed E-state index contributed by atoms with van der Waals surface area (Å²) in [6, 6.07) is 6.05. The first-order chi connectivity index (χ1) is 16.4. The molecule has 196 valence electrons. The third-order valence-electron chi connectivity index (χ3n) is 5.31.